The van der Waals surface area contributed by atoms with E-state index in [2.05, 4.69) is 11.6 Å². The lowest BCUT2D eigenvalue weighted by Crippen LogP contribution is -1.95. The summed E-state index contributed by atoms with van der Waals surface area (Å²) in [7, 11) is 0. The Labute approximate surface area is 66.2 Å². The molecule has 0 bridgehead atoms. The maximum Gasteiger partial charge on any atom is 0.114 e. The second-order valence-electron chi connectivity index (χ2n) is 2.44. The molecule has 0 aliphatic rings. The van der Waals surface area contributed by atoms with Crippen LogP contribution in [0.25, 0.3) is 0 Å². The Morgan fingerprint density at radius 3 is 2.82 bits per heavy atom. The van der Waals surface area contributed by atoms with Gasteiger partial charge >= 0.3 is 0 Å². The van der Waals surface area contributed by atoms with E-state index in [0.29, 0.717) is 5.69 Å². The van der Waals surface area contributed by atoms with E-state index in [1.165, 1.54) is 6.08 Å². The minimum absolute atomic E-state index is 0.643. The van der Waals surface area contributed by atoms with Crippen LogP contribution < -0.4 is 0 Å². The summed E-state index contributed by atoms with van der Waals surface area (Å²) in [6.45, 7) is 5.42. The predicted molar refractivity (Wildman–Crippen MR) is 44.1 cm³/mol. The monoisotopic (exact) mass is 149 g/mol. The largest absolute Gasteiger partial charge is 0.383 e. The number of rotatable bonds is 2. The van der Waals surface area contributed by atoms with E-state index < -0.39 is 6.10 Å². The molecule has 0 saturated heterocycles. The third-order valence-corrected chi connectivity index (χ3v) is 1.46. The molecule has 1 aromatic heterocycles. The first-order chi connectivity index (χ1) is 5.24. The summed E-state index contributed by atoms with van der Waals surface area (Å²) in [5, 5.41) is 9.24. The van der Waals surface area contributed by atoms with Gasteiger partial charge in [-0.05, 0) is 18.6 Å². The topological polar surface area (TPSA) is 33.1 Å². The van der Waals surface area contributed by atoms with Crippen LogP contribution in [0.2, 0.25) is 0 Å². The van der Waals surface area contributed by atoms with Crippen molar-refractivity contribution in [3.05, 3.63) is 42.2 Å². The van der Waals surface area contributed by atoms with Gasteiger partial charge in [-0.25, -0.2) is 0 Å². The third-order valence-electron chi connectivity index (χ3n) is 1.46. The van der Waals surface area contributed by atoms with E-state index in [1.54, 1.807) is 12.3 Å². The minimum Gasteiger partial charge on any atom is -0.383 e. The second-order valence-corrected chi connectivity index (χ2v) is 2.44. The fraction of sp³-hybridized carbons (Fsp3) is 0.222. The molecule has 0 spiro atoms. The zero-order valence-electron chi connectivity index (χ0n) is 6.49. The quantitative estimate of drug-likeness (QED) is 0.648. The number of pyridine rings is 1. The summed E-state index contributed by atoms with van der Waals surface area (Å²) < 4.78 is 0. The van der Waals surface area contributed by atoms with Gasteiger partial charge in [-0.2, -0.15) is 0 Å². The molecular weight excluding hydrogens is 138 g/mol. The number of aromatic nitrogens is 1. The molecule has 1 atom stereocenters. The van der Waals surface area contributed by atoms with Gasteiger partial charge < -0.3 is 5.11 Å². The fourth-order valence-electron chi connectivity index (χ4n) is 0.775. The van der Waals surface area contributed by atoms with Crippen LogP contribution in [0.15, 0.2) is 31.0 Å². The van der Waals surface area contributed by atoms with E-state index in [0.717, 1.165) is 5.56 Å². The van der Waals surface area contributed by atoms with Gasteiger partial charge in [0, 0.05) is 6.20 Å². The number of hydrogen-bond donors (Lipinski definition) is 1. The SMILES string of the molecule is C=CC(O)c1ccc(C)cn1. The van der Waals surface area contributed by atoms with E-state index in [1.807, 2.05) is 13.0 Å². The smallest absolute Gasteiger partial charge is 0.114 e. The van der Waals surface area contributed by atoms with Gasteiger partial charge in [0.1, 0.15) is 6.10 Å². The van der Waals surface area contributed by atoms with E-state index in [4.69, 9.17) is 0 Å². The van der Waals surface area contributed by atoms with E-state index in [-0.39, 0.29) is 0 Å². The molecule has 1 aromatic rings. The molecule has 0 amide bonds. The average Bonchev–Trinajstić information content (AvgIpc) is 2.05. The first-order valence-electron chi connectivity index (χ1n) is 3.47. The fourth-order valence-corrected chi connectivity index (χ4v) is 0.775. The standard InChI is InChI=1S/C9H11NO/c1-3-9(11)8-5-4-7(2)6-10-8/h3-6,9,11H,1H2,2H3. The molecule has 0 aliphatic heterocycles. The average molecular weight is 149 g/mol. The van der Waals surface area contributed by atoms with Crippen molar-refractivity contribution in [1.29, 1.82) is 0 Å². The van der Waals surface area contributed by atoms with Crippen LogP contribution in [0.1, 0.15) is 17.4 Å². The molecule has 0 fully saturated rings. The summed E-state index contributed by atoms with van der Waals surface area (Å²) in [5.74, 6) is 0. The molecule has 1 unspecified atom stereocenters. The van der Waals surface area contributed by atoms with Gasteiger partial charge in [0.2, 0.25) is 0 Å². The number of aliphatic hydroxyl groups excluding tert-OH is 1. The van der Waals surface area contributed by atoms with Crippen molar-refractivity contribution in [3.63, 3.8) is 0 Å². The molecule has 1 rings (SSSR count). The van der Waals surface area contributed by atoms with Gasteiger partial charge in [0.15, 0.2) is 0 Å². The summed E-state index contributed by atoms with van der Waals surface area (Å²) in [5.41, 5.74) is 1.73. The Kier molecular flexibility index (Phi) is 2.39. The molecule has 0 radical (unpaired) electrons. The van der Waals surface area contributed by atoms with E-state index in [9.17, 15) is 5.11 Å². The number of hydrogen-bond acceptors (Lipinski definition) is 2. The molecule has 2 heteroatoms. The molecule has 0 aliphatic carbocycles. The van der Waals surface area contributed by atoms with Crippen molar-refractivity contribution >= 4 is 0 Å². The maximum absolute atomic E-state index is 9.24. The van der Waals surface area contributed by atoms with Gasteiger partial charge in [0.25, 0.3) is 0 Å². The normalized spacial score (nSPS) is 12.5. The van der Waals surface area contributed by atoms with Crippen molar-refractivity contribution in [2.24, 2.45) is 0 Å². The number of aliphatic hydroxyl groups is 1. The molecule has 1 N–H and O–H groups in total. The molecule has 11 heavy (non-hydrogen) atoms. The lowest BCUT2D eigenvalue weighted by atomic mass is 10.2. The predicted octanol–water partition coefficient (Wildman–Crippen LogP) is 1.61. The Balaban J connectivity index is 2.89. The summed E-state index contributed by atoms with van der Waals surface area (Å²) in [6, 6.07) is 3.71. The lowest BCUT2D eigenvalue weighted by molar-refractivity contribution is 0.224. The summed E-state index contributed by atoms with van der Waals surface area (Å²) in [6.07, 6.45) is 2.54. The van der Waals surface area contributed by atoms with Crippen molar-refractivity contribution in [1.82, 2.24) is 4.98 Å². The maximum atomic E-state index is 9.24. The van der Waals surface area contributed by atoms with Crippen molar-refractivity contribution in [3.8, 4) is 0 Å². The van der Waals surface area contributed by atoms with Gasteiger partial charge in [-0.15, -0.1) is 6.58 Å². The lowest BCUT2D eigenvalue weighted by Gasteiger charge is -2.03. The molecule has 0 saturated carbocycles. The van der Waals surface area contributed by atoms with Crippen LogP contribution in [0.5, 0.6) is 0 Å². The molecular formula is C9H11NO. The highest BCUT2D eigenvalue weighted by atomic mass is 16.3. The van der Waals surface area contributed by atoms with Gasteiger partial charge in [-0.3, -0.25) is 4.98 Å². The molecule has 58 valence electrons. The highest BCUT2D eigenvalue weighted by Gasteiger charge is 2.01. The summed E-state index contributed by atoms with van der Waals surface area (Å²) in [4.78, 5) is 4.03. The minimum atomic E-state index is -0.643. The van der Waals surface area contributed by atoms with Crippen molar-refractivity contribution < 1.29 is 5.11 Å². The first kappa shape index (κ1) is 7.95. The number of nitrogens with zero attached hydrogens (tertiary/aromatic N) is 1. The van der Waals surface area contributed by atoms with Crippen LogP contribution >= 0.6 is 0 Å². The number of aryl methyl sites for hydroxylation is 1. The zero-order chi connectivity index (χ0) is 8.27. The van der Waals surface area contributed by atoms with Crippen LogP contribution in [-0.2, 0) is 0 Å². The summed E-state index contributed by atoms with van der Waals surface area (Å²) >= 11 is 0. The Hall–Kier alpha value is -1.15. The van der Waals surface area contributed by atoms with Crippen molar-refractivity contribution in [2.75, 3.05) is 0 Å². The molecule has 0 aromatic carbocycles. The highest BCUT2D eigenvalue weighted by Crippen LogP contribution is 2.09. The zero-order valence-corrected chi connectivity index (χ0v) is 6.49. The highest BCUT2D eigenvalue weighted by molar-refractivity contribution is 5.16. The van der Waals surface area contributed by atoms with Gasteiger partial charge in [-0.1, -0.05) is 12.1 Å². The van der Waals surface area contributed by atoms with Crippen LogP contribution in [-0.4, -0.2) is 10.1 Å². The first-order valence-corrected chi connectivity index (χ1v) is 3.47. The Morgan fingerprint density at radius 1 is 1.64 bits per heavy atom. The van der Waals surface area contributed by atoms with Crippen LogP contribution in [0.4, 0.5) is 0 Å². The van der Waals surface area contributed by atoms with Gasteiger partial charge in [0.05, 0.1) is 5.69 Å². The Bertz CT molecular complexity index is 240. The van der Waals surface area contributed by atoms with Crippen LogP contribution in [0, 0.1) is 6.92 Å². The Morgan fingerprint density at radius 2 is 2.36 bits per heavy atom. The van der Waals surface area contributed by atoms with Crippen molar-refractivity contribution in [2.45, 2.75) is 13.0 Å². The van der Waals surface area contributed by atoms with E-state index >= 15 is 0 Å². The second kappa shape index (κ2) is 3.30. The van der Waals surface area contributed by atoms with Crippen LogP contribution in [0.3, 0.4) is 0 Å². The third kappa shape index (κ3) is 1.88. The molecule has 2 nitrogen and oxygen atoms in total. The molecule has 1 heterocycles.